The Labute approximate surface area is 156 Å². The van der Waals surface area contributed by atoms with Crippen molar-refractivity contribution in [2.45, 2.75) is 51.4 Å². The van der Waals surface area contributed by atoms with E-state index in [0.717, 1.165) is 44.6 Å². The van der Waals surface area contributed by atoms with E-state index in [2.05, 4.69) is 60.8 Å². The molecule has 1 aliphatic carbocycles. The van der Waals surface area contributed by atoms with Crippen LogP contribution in [0.5, 0.6) is 5.75 Å². The highest BCUT2D eigenvalue weighted by Gasteiger charge is 2.28. The van der Waals surface area contributed by atoms with Crippen LogP contribution in [0.15, 0.2) is 48.5 Å². The Bertz CT molecular complexity index is 726. The largest absolute Gasteiger partial charge is 0.494 e. The standard InChI is InChI=1S/C23H29NO2/c1-3-13-26-22-10-9-19-14-21(18-7-5-4-6-8-18)15-20(23(19)16-22)11-12-24-17(2)25/h4-10,16,20-21H,3,11-15H2,1-2H3,(H,24,25). The molecule has 26 heavy (non-hydrogen) atoms. The molecule has 0 saturated carbocycles. The van der Waals surface area contributed by atoms with Gasteiger partial charge in [-0.2, -0.15) is 0 Å². The molecule has 1 N–H and O–H groups in total. The fourth-order valence-corrected chi connectivity index (χ4v) is 3.94. The molecule has 138 valence electrons. The molecule has 0 heterocycles. The Kier molecular flexibility index (Phi) is 6.32. The van der Waals surface area contributed by atoms with Crippen molar-refractivity contribution in [3.05, 3.63) is 65.2 Å². The van der Waals surface area contributed by atoms with E-state index < -0.39 is 0 Å². The summed E-state index contributed by atoms with van der Waals surface area (Å²) < 4.78 is 5.85. The highest BCUT2D eigenvalue weighted by Crippen LogP contribution is 2.42. The summed E-state index contributed by atoms with van der Waals surface area (Å²) in [7, 11) is 0. The summed E-state index contributed by atoms with van der Waals surface area (Å²) in [5, 5.41) is 2.96. The van der Waals surface area contributed by atoms with Gasteiger partial charge in [-0.05, 0) is 66.3 Å². The van der Waals surface area contributed by atoms with Crippen LogP contribution < -0.4 is 10.1 Å². The van der Waals surface area contributed by atoms with E-state index in [1.807, 2.05) is 0 Å². The third kappa shape index (κ3) is 4.66. The number of ether oxygens (including phenoxy) is 1. The lowest BCUT2D eigenvalue weighted by molar-refractivity contribution is -0.118. The maximum atomic E-state index is 11.3. The van der Waals surface area contributed by atoms with Gasteiger partial charge in [0.25, 0.3) is 0 Å². The van der Waals surface area contributed by atoms with E-state index in [9.17, 15) is 4.79 Å². The first-order valence-electron chi connectivity index (χ1n) is 9.72. The number of rotatable bonds is 7. The first-order chi connectivity index (χ1) is 12.7. The Morgan fingerprint density at radius 3 is 2.73 bits per heavy atom. The normalized spacial score (nSPS) is 18.8. The first-order valence-corrected chi connectivity index (χ1v) is 9.72. The molecular weight excluding hydrogens is 322 g/mol. The minimum absolute atomic E-state index is 0.0423. The third-order valence-electron chi connectivity index (χ3n) is 5.20. The molecule has 3 heteroatoms. The Morgan fingerprint density at radius 1 is 1.19 bits per heavy atom. The van der Waals surface area contributed by atoms with Gasteiger partial charge in [-0.3, -0.25) is 4.79 Å². The van der Waals surface area contributed by atoms with Crippen molar-refractivity contribution in [3.8, 4) is 5.75 Å². The highest BCUT2D eigenvalue weighted by molar-refractivity contribution is 5.72. The van der Waals surface area contributed by atoms with Crippen LogP contribution in [-0.4, -0.2) is 19.1 Å². The molecule has 2 atom stereocenters. The number of carbonyl (C=O) groups excluding carboxylic acids is 1. The van der Waals surface area contributed by atoms with Crippen LogP contribution in [0.3, 0.4) is 0 Å². The summed E-state index contributed by atoms with van der Waals surface area (Å²) in [6.07, 6.45) is 4.17. The van der Waals surface area contributed by atoms with Gasteiger partial charge in [-0.1, -0.05) is 43.3 Å². The molecule has 2 aromatic rings. The zero-order chi connectivity index (χ0) is 18.4. The van der Waals surface area contributed by atoms with Gasteiger partial charge in [0, 0.05) is 13.5 Å². The number of benzene rings is 2. The summed E-state index contributed by atoms with van der Waals surface area (Å²) in [6, 6.07) is 17.4. The maximum absolute atomic E-state index is 11.3. The van der Waals surface area contributed by atoms with E-state index in [1.165, 1.54) is 16.7 Å². The minimum atomic E-state index is 0.0423. The van der Waals surface area contributed by atoms with Crippen molar-refractivity contribution in [2.75, 3.05) is 13.2 Å². The van der Waals surface area contributed by atoms with E-state index in [1.54, 1.807) is 6.92 Å². The number of nitrogens with one attached hydrogen (secondary N) is 1. The maximum Gasteiger partial charge on any atom is 0.216 e. The average molecular weight is 351 g/mol. The first kappa shape index (κ1) is 18.5. The molecular formula is C23H29NO2. The SMILES string of the molecule is CCCOc1ccc2c(c1)C(CCNC(C)=O)CC(c1ccccc1)C2. The monoisotopic (exact) mass is 351 g/mol. The lowest BCUT2D eigenvalue weighted by Crippen LogP contribution is -2.25. The lowest BCUT2D eigenvalue weighted by atomic mass is 9.73. The summed E-state index contributed by atoms with van der Waals surface area (Å²) in [5.41, 5.74) is 4.23. The van der Waals surface area contributed by atoms with Crippen molar-refractivity contribution in [2.24, 2.45) is 0 Å². The van der Waals surface area contributed by atoms with Crippen molar-refractivity contribution in [3.63, 3.8) is 0 Å². The predicted octanol–water partition coefficient (Wildman–Crippen LogP) is 4.82. The number of amides is 1. The average Bonchev–Trinajstić information content (AvgIpc) is 2.66. The molecule has 0 aliphatic heterocycles. The Balaban J connectivity index is 1.83. The number of hydrogen-bond donors (Lipinski definition) is 1. The Morgan fingerprint density at radius 2 is 2.00 bits per heavy atom. The molecule has 0 radical (unpaired) electrons. The van der Waals surface area contributed by atoms with Crippen LogP contribution in [0, 0.1) is 0 Å². The summed E-state index contributed by atoms with van der Waals surface area (Å²) in [4.78, 5) is 11.3. The van der Waals surface area contributed by atoms with Gasteiger partial charge < -0.3 is 10.1 Å². The molecule has 3 nitrogen and oxygen atoms in total. The molecule has 1 amide bonds. The van der Waals surface area contributed by atoms with Gasteiger partial charge in [-0.25, -0.2) is 0 Å². The summed E-state index contributed by atoms with van der Waals surface area (Å²) >= 11 is 0. The Hall–Kier alpha value is -2.29. The van der Waals surface area contributed by atoms with Gasteiger partial charge >= 0.3 is 0 Å². The summed E-state index contributed by atoms with van der Waals surface area (Å²) in [5.74, 6) is 1.99. The lowest BCUT2D eigenvalue weighted by Gasteiger charge is -2.32. The second-order valence-corrected chi connectivity index (χ2v) is 7.23. The number of carbonyl (C=O) groups is 1. The molecule has 0 fully saturated rings. The van der Waals surface area contributed by atoms with Crippen molar-refractivity contribution >= 4 is 5.91 Å². The fourth-order valence-electron chi connectivity index (χ4n) is 3.94. The zero-order valence-electron chi connectivity index (χ0n) is 15.8. The van der Waals surface area contributed by atoms with E-state index >= 15 is 0 Å². The van der Waals surface area contributed by atoms with E-state index in [-0.39, 0.29) is 5.91 Å². The predicted molar refractivity (Wildman–Crippen MR) is 106 cm³/mol. The minimum Gasteiger partial charge on any atom is -0.494 e. The molecule has 0 bridgehead atoms. The summed E-state index contributed by atoms with van der Waals surface area (Å²) in [6.45, 7) is 5.18. The van der Waals surface area contributed by atoms with Crippen molar-refractivity contribution in [1.82, 2.24) is 5.32 Å². The molecule has 1 aliphatic rings. The third-order valence-corrected chi connectivity index (χ3v) is 5.20. The van der Waals surface area contributed by atoms with Crippen molar-refractivity contribution < 1.29 is 9.53 Å². The smallest absolute Gasteiger partial charge is 0.216 e. The molecule has 3 rings (SSSR count). The highest BCUT2D eigenvalue weighted by atomic mass is 16.5. The van der Waals surface area contributed by atoms with Crippen LogP contribution >= 0.6 is 0 Å². The van der Waals surface area contributed by atoms with Gasteiger partial charge in [0.1, 0.15) is 5.75 Å². The van der Waals surface area contributed by atoms with Crippen LogP contribution in [-0.2, 0) is 11.2 Å². The van der Waals surface area contributed by atoms with E-state index in [0.29, 0.717) is 11.8 Å². The molecule has 0 aromatic heterocycles. The van der Waals surface area contributed by atoms with Gasteiger partial charge in [-0.15, -0.1) is 0 Å². The fraction of sp³-hybridized carbons (Fsp3) is 0.435. The zero-order valence-corrected chi connectivity index (χ0v) is 15.8. The molecule has 0 spiro atoms. The number of fused-ring (bicyclic) bond motifs is 1. The van der Waals surface area contributed by atoms with Crippen LogP contribution in [0.2, 0.25) is 0 Å². The molecule has 2 unspecified atom stereocenters. The molecule has 2 aromatic carbocycles. The topological polar surface area (TPSA) is 38.3 Å². The van der Waals surface area contributed by atoms with Crippen molar-refractivity contribution in [1.29, 1.82) is 0 Å². The second kappa shape index (κ2) is 8.88. The number of hydrogen-bond acceptors (Lipinski definition) is 2. The van der Waals surface area contributed by atoms with Gasteiger partial charge in [0.2, 0.25) is 5.91 Å². The molecule has 0 saturated heterocycles. The quantitative estimate of drug-likeness (QED) is 0.777. The van der Waals surface area contributed by atoms with Gasteiger partial charge in [0.05, 0.1) is 6.61 Å². The second-order valence-electron chi connectivity index (χ2n) is 7.23. The van der Waals surface area contributed by atoms with Crippen LogP contribution in [0.4, 0.5) is 0 Å². The van der Waals surface area contributed by atoms with Gasteiger partial charge in [0.15, 0.2) is 0 Å². The van der Waals surface area contributed by atoms with Crippen LogP contribution in [0.1, 0.15) is 61.6 Å². The van der Waals surface area contributed by atoms with Crippen LogP contribution in [0.25, 0.3) is 0 Å². The van der Waals surface area contributed by atoms with E-state index in [4.69, 9.17) is 4.74 Å².